The fourth-order valence-corrected chi connectivity index (χ4v) is 1.70. The second-order valence-electron chi connectivity index (χ2n) is 4.00. The third-order valence-electron chi connectivity index (χ3n) is 2.51. The fourth-order valence-electron chi connectivity index (χ4n) is 1.70. The van der Waals surface area contributed by atoms with Crippen molar-refractivity contribution in [2.45, 2.75) is 13.5 Å². The zero-order valence-corrected chi connectivity index (χ0v) is 10.4. The van der Waals surface area contributed by atoms with Crippen LogP contribution >= 0.6 is 0 Å². The molecule has 0 aliphatic rings. The summed E-state index contributed by atoms with van der Waals surface area (Å²) in [5.41, 5.74) is 2.48. The maximum Gasteiger partial charge on any atom is 0.125 e. The quantitative estimate of drug-likeness (QED) is 0.899. The minimum absolute atomic E-state index is 0.255. The molecule has 1 aromatic carbocycles. The average Bonchev–Trinajstić information content (AvgIpc) is 2.36. The maximum absolute atomic E-state index is 13.0. The summed E-state index contributed by atoms with van der Waals surface area (Å²) in [6.07, 6.45) is 0. The summed E-state index contributed by atoms with van der Waals surface area (Å²) in [5, 5.41) is 3.12. The van der Waals surface area contributed by atoms with Crippen LogP contribution in [0.1, 0.15) is 11.4 Å². The second-order valence-corrected chi connectivity index (χ2v) is 4.00. The molecule has 0 radical (unpaired) electrons. The number of aryl methyl sites for hydroxylation is 1. The third kappa shape index (κ3) is 3.20. The van der Waals surface area contributed by atoms with Crippen LogP contribution in [0.25, 0.3) is 0 Å². The van der Waals surface area contributed by atoms with Crippen molar-refractivity contribution in [3.8, 4) is 5.75 Å². The molecular weight excluding hydrogens is 231 g/mol. The van der Waals surface area contributed by atoms with Gasteiger partial charge in [0.25, 0.3) is 0 Å². The van der Waals surface area contributed by atoms with E-state index < -0.39 is 0 Å². The molecule has 0 saturated heterocycles. The Morgan fingerprint density at radius 3 is 2.83 bits per heavy atom. The van der Waals surface area contributed by atoms with Gasteiger partial charge in [-0.15, -0.1) is 0 Å². The topological polar surface area (TPSA) is 34.1 Å². The highest BCUT2D eigenvalue weighted by Gasteiger charge is 2.01. The monoisotopic (exact) mass is 246 g/mol. The lowest BCUT2D eigenvalue weighted by Gasteiger charge is -2.08. The molecule has 94 valence electrons. The maximum atomic E-state index is 13.0. The van der Waals surface area contributed by atoms with E-state index in [4.69, 9.17) is 4.74 Å². The summed E-state index contributed by atoms with van der Waals surface area (Å²) < 4.78 is 18.2. The fraction of sp³-hybridized carbons (Fsp3) is 0.214. The van der Waals surface area contributed by atoms with E-state index in [1.165, 1.54) is 12.1 Å². The van der Waals surface area contributed by atoms with E-state index in [2.05, 4.69) is 10.3 Å². The number of halogens is 1. The molecule has 0 aliphatic heterocycles. The molecule has 1 heterocycles. The van der Waals surface area contributed by atoms with Gasteiger partial charge >= 0.3 is 0 Å². The molecule has 18 heavy (non-hydrogen) atoms. The Bertz CT molecular complexity index is 543. The second kappa shape index (κ2) is 5.49. The summed E-state index contributed by atoms with van der Waals surface area (Å²) >= 11 is 0. The SMILES string of the molecule is COc1cc(C)nc(CNc2cccc(F)c2)c1. The lowest BCUT2D eigenvalue weighted by molar-refractivity contribution is 0.413. The normalized spacial score (nSPS) is 10.2. The number of hydrogen-bond acceptors (Lipinski definition) is 3. The van der Waals surface area contributed by atoms with E-state index in [1.807, 2.05) is 25.1 Å². The molecule has 0 spiro atoms. The van der Waals surface area contributed by atoms with E-state index in [1.54, 1.807) is 13.2 Å². The molecule has 1 N–H and O–H groups in total. The zero-order chi connectivity index (χ0) is 13.0. The number of rotatable bonds is 4. The Labute approximate surface area is 106 Å². The highest BCUT2D eigenvalue weighted by molar-refractivity contribution is 5.43. The molecule has 0 atom stereocenters. The van der Waals surface area contributed by atoms with Crippen molar-refractivity contribution < 1.29 is 9.13 Å². The van der Waals surface area contributed by atoms with Crippen LogP contribution in [0, 0.1) is 12.7 Å². The lowest BCUT2D eigenvalue weighted by Crippen LogP contribution is -2.03. The molecule has 0 fully saturated rings. The van der Waals surface area contributed by atoms with Gasteiger partial charge in [-0.05, 0) is 25.1 Å². The smallest absolute Gasteiger partial charge is 0.125 e. The number of ether oxygens (including phenoxy) is 1. The van der Waals surface area contributed by atoms with Gasteiger partial charge in [-0.1, -0.05) is 6.07 Å². The van der Waals surface area contributed by atoms with Gasteiger partial charge in [0.05, 0.1) is 19.3 Å². The van der Waals surface area contributed by atoms with E-state index >= 15 is 0 Å². The van der Waals surface area contributed by atoms with Gasteiger partial charge in [0.1, 0.15) is 11.6 Å². The molecule has 4 heteroatoms. The molecule has 2 rings (SSSR count). The van der Waals surface area contributed by atoms with Gasteiger partial charge in [0, 0.05) is 23.5 Å². The van der Waals surface area contributed by atoms with E-state index in [-0.39, 0.29) is 5.82 Å². The summed E-state index contributed by atoms with van der Waals surface area (Å²) in [5.74, 6) is 0.522. The number of hydrogen-bond donors (Lipinski definition) is 1. The molecule has 2 aromatic rings. The number of nitrogens with zero attached hydrogens (tertiary/aromatic N) is 1. The van der Waals surface area contributed by atoms with Crippen LogP contribution in [0.5, 0.6) is 5.75 Å². The van der Waals surface area contributed by atoms with Gasteiger partial charge in [-0.2, -0.15) is 0 Å². The van der Waals surface area contributed by atoms with Crippen molar-refractivity contribution in [3.63, 3.8) is 0 Å². The highest BCUT2D eigenvalue weighted by Crippen LogP contribution is 2.15. The van der Waals surface area contributed by atoms with Crippen LogP contribution in [0.3, 0.4) is 0 Å². The Balaban J connectivity index is 2.08. The Kier molecular flexibility index (Phi) is 3.77. The third-order valence-corrected chi connectivity index (χ3v) is 2.51. The zero-order valence-electron chi connectivity index (χ0n) is 10.4. The Morgan fingerprint density at radius 2 is 2.11 bits per heavy atom. The minimum atomic E-state index is -0.255. The largest absolute Gasteiger partial charge is 0.497 e. The van der Waals surface area contributed by atoms with Gasteiger partial charge < -0.3 is 10.1 Å². The highest BCUT2D eigenvalue weighted by atomic mass is 19.1. The predicted molar refractivity (Wildman–Crippen MR) is 69.3 cm³/mol. The first-order chi connectivity index (χ1) is 8.67. The Hall–Kier alpha value is -2.10. The van der Waals surface area contributed by atoms with Crippen LogP contribution in [-0.2, 0) is 6.54 Å². The molecule has 1 aromatic heterocycles. The molecule has 3 nitrogen and oxygen atoms in total. The summed E-state index contributed by atoms with van der Waals surface area (Å²) in [4.78, 5) is 4.38. The molecule has 0 unspecified atom stereocenters. The van der Waals surface area contributed by atoms with Crippen LogP contribution < -0.4 is 10.1 Å². The van der Waals surface area contributed by atoms with Crippen LogP contribution in [0.4, 0.5) is 10.1 Å². The van der Waals surface area contributed by atoms with Gasteiger partial charge in [-0.3, -0.25) is 4.98 Å². The first-order valence-electron chi connectivity index (χ1n) is 5.68. The first-order valence-corrected chi connectivity index (χ1v) is 5.68. The lowest BCUT2D eigenvalue weighted by atomic mass is 10.2. The molecular formula is C14H15FN2O. The summed E-state index contributed by atoms with van der Waals surface area (Å²) in [7, 11) is 1.62. The van der Waals surface area contributed by atoms with Gasteiger partial charge in [0.2, 0.25) is 0 Å². The molecule has 0 bridgehead atoms. The molecule has 0 aliphatic carbocycles. The average molecular weight is 246 g/mol. The number of methoxy groups -OCH3 is 1. The van der Waals surface area contributed by atoms with Crippen molar-refractivity contribution in [2.24, 2.45) is 0 Å². The first kappa shape index (κ1) is 12.4. The molecule has 0 saturated carbocycles. The minimum Gasteiger partial charge on any atom is -0.497 e. The van der Waals surface area contributed by atoms with Crippen LogP contribution in [0.2, 0.25) is 0 Å². The van der Waals surface area contributed by atoms with Gasteiger partial charge in [0.15, 0.2) is 0 Å². The van der Waals surface area contributed by atoms with Crippen LogP contribution in [0.15, 0.2) is 36.4 Å². The van der Waals surface area contributed by atoms with Crippen LogP contribution in [-0.4, -0.2) is 12.1 Å². The number of aromatic nitrogens is 1. The predicted octanol–water partition coefficient (Wildman–Crippen LogP) is 3.15. The molecule has 0 amide bonds. The summed E-state index contributed by atoms with van der Waals surface area (Å²) in [6, 6.07) is 10.1. The van der Waals surface area contributed by atoms with Crippen molar-refractivity contribution in [2.75, 3.05) is 12.4 Å². The van der Waals surface area contributed by atoms with E-state index in [9.17, 15) is 4.39 Å². The van der Waals surface area contributed by atoms with Crippen molar-refractivity contribution in [3.05, 3.63) is 53.6 Å². The standard InChI is InChI=1S/C14H15FN2O/c1-10-6-14(18-2)8-13(17-10)9-16-12-5-3-4-11(15)7-12/h3-8,16H,9H2,1-2H3. The number of nitrogens with one attached hydrogen (secondary N) is 1. The van der Waals surface area contributed by atoms with E-state index in [0.717, 1.165) is 22.8 Å². The van der Waals surface area contributed by atoms with E-state index in [0.29, 0.717) is 6.54 Å². The number of anilines is 1. The Morgan fingerprint density at radius 1 is 1.28 bits per heavy atom. The summed E-state index contributed by atoms with van der Waals surface area (Å²) in [6.45, 7) is 2.44. The van der Waals surface area contributed by atoms with Gasteiger partial charge in [-0.25, -0.2) is 4.39 Å². The van der Waals surface area contributed by atoms with Crippen molar-refractivity contribution in [1.82, 2.24) is 4.98 Å². The number of benzene rings is 1. The van der Waals surface area contributed by atoms with Crippen molar-refractivity contribution >= 4 is 5.69 Å². The van der Waals surface area contributed by atoms with Crippen molar-refractivity contribution in [1.29, 1.82) is 0 Å². The number of pyridine rings is 1.